The number of aliphatic imine (C=N–C) groups is 1. The summed E-state index contributed by atoms with van der Waals surface area (Å²) >= 11 is 1.65. The Morgan fingerprint density at radius 3 is 3.07 bits per heavy atom. The molecule has 0 radical (unpaired) electrons. The molecule has 1 fully saturated rings. The molecule has 14 heavy (non-hydrogen) atoms. The Morgan fingerprint density at radius 2 is 2.57 bits per heavy atom. The molecule has 6 heteroatoms. The molecule has 1 rings (SSSR count). The third kappa shape index (κ3) is 3.04. The molecule has 0 saturated carbocycles. The summed E-state index contributed by atoms with van der Waals surface area (Å²) in [5.41, 5.74) is 5.45. The van der Waals surface area contributed by atoms with E-state index in [9.17, 15) is 4.79 Å². The largest absolute Gasteiger partial charge is 0.384 e. The Kier molecular flexibility index (Phi) is 4.48. The van der Waals surface area contributed by atoms with Crippen molar-refractivity contribution in [2.75, 3.05) is 18.7 Å². The number of rotatable bonds is 4. The van der Waals surface area contributed by atoms with Crippen molar-refractivity contribution in [1.29, 1.82) is 0 Å². The van der Waals surface area contributed by atoms with Crippen LogP contribution in [-0.4, -0.2) is 42.1 Å². The van der Waals surface area contributed by atoms with Crippen LogP contribution in [0.1, 0.15) is 0 Å². The molecular weight excluding hydrogens is 202 g/mol. The van der Waals surface area contributed by atoms with Crippen LogP contribution in [0.5, 0.6) is 0 Å². The van der Waals surface area contributed by atoms with Gasteiger partial charge in [0.1, 0.15) is 12.1 Å². The number of carbonyl (C=O) groups excluding carboxylic acids is 1. The highest BCUT2D eigenvalue weighted by Crippen LogP contribution is 2.18. The number of carbonyl (C=O) groups is 1. The Morgan fingerprint density at radius 1 is 1.79 bits per heavy atom. The second-order valence-corrected chi connectivity index (χ2v) is 3.60. The maximum atomic E-state index is 10.7. The van der Waals surface area contributed by atoms with Crippen molar-refractivity contribution in [3.05, 3.63) is 12.3 Å². The molecule has 1 atom stereocenters. The van der Waals surface area contributed by atoms with Crippen LogP contribution in [0, 0.1) is 0 Å². The summed E-state index contributed by atoms with van der Waals surface area (Å²) in [5, 5.41) is 0. The summed E-state index contributed by atoms with van der Waals surface area (Å²) < 4.78 is 5.30. The van der Waals surface area contributed by atoms with Gasteiger partial charge in [-0.2, -0.15) is 0 Å². The van der Waals surface area contributed by atoms with E-state index in [1.165, 1.54) is 4.90 Å². The zero-order chi connectivity index (χ0) is 10.4. The molecule has 5 nitrogen and oxygen atoms in total. The van der Waals surface area contributed by atoms with Crippen LogP contribution in [0.3, 0.4) is 0 Å². The van der Waals surface area contributed by atoms with Crippen molar-refractivity contribution in [2.45, 2.75) is 6.23 Å². The van der Waals surface area contributed by atoms with Gasteiger partial charge in [0.15, 0.2) is 0 Å². The van der Waals surface area contributed by atoms with E-state index in [4.69, 9.17) is 10.5 Å². The first-order valence-corrected chi connectivity index (χ1v) is 5.26. The number of ether oxygens (including phenoxy) is 1. The van der Waals surface area contributed by atoms with E-state index in [0.717, 1.165) is 12.2 Å². The summed E-state index contributed by atoms with van der Waals surface area (Å²) in [5.74, 6) is 1.79. The van der Waals surface area contributed by atoms with Crippen LogP contribution in [0.25, 0.3) is 0 Å². The zero-order valence-corrected chi connectivity index (χ0v) is 8.74. The number of hydrogen-bond acceptors (Lipinski definition) is 4. The van der Waals surface area contributed by atoms with Crippen LogP contribution in [0.2, 0.25) is 0 Å². The van der Waals surface area contributed by atoms with Crippen molar-refractivity contribution in [2.24, 2.45) is 10.7 Å². The summed E-state index contributed by atoms with van der Waals surface area (Å²) in [6.07, 6.45) is 3.68. The lowest BCUT2D eigenvalue weighted by Crippen LogP contribution is -2.31. The fraction of sp³-hybridized carbons (Fsp3) is 0.500. The van der Waals surface area contributed by atoms with E-state index in [2.05, 4.69) is 4.99 Å². The highest BCUT2D eigenvalue weighted by atomic mass is 32.2. The van der Waals surface area contributed by atoms with E-state index in [1.54, 1.807) is 31.1 Å². The summed E-state index contributed by atoms with van der Waals surface area (Å²) in [6.45, 7) is 0. The number of hydrogen-bond donors (Lipinski definition) is 1. The predicted molar refractivity (Wildman–Crippen MR) is 56.8 cm³/mol. The zero-order valence-electron chi connectivity index (χ0n) is 7.92. The Bertz CT molecular complexity index is 249. The molecule has 0 spiro atoms. The maximum Gasteiger partial charge on any atom is 0.215 e. The van der Waals surface area contributed by atoms with E-state index in [0.29, 0.717) is 11.8 Å². The number of nitrogens with two attached hydrogens (primary N) is 1. The second kappa shape index (κ2) is 5.66. The molecular formula is C8H13N3O2S. The molecule has 0 aromatic carbocycles. The van der Waals surface area contributed by atoms with Crippen LogP contribution in [0.15, 0.2) is 17.3 Å². The smallest absolute Gasteiger partial charge is 0.215 e. The molecule has 1 amide bonds. The summed E-state index contributed by atoms with van der Waals surface area (Å²) in [7, 11) is 1.59. The van der Waals surface area contributed by atoms with Crippen LogP contribution in [0.4, 0.5) is 0 Å². The first kappa shape index (κ1) is 11.1. The van der Waals surface area contributed by atoms with Gasteiger partial charge in [0.05, 0.1) is 5.94 Å². The monoisotopic (exact) mass is 215 g/mol. The summed E-state index contributed by atoms with van der Waals surface area (Å²) in [6, 6.07) is 0. The quantitative estimate of drug-likeness (QED) is 0.407. The van der Waals surface area contributed by atoms with Crippen molar-refractivity contribution in [3.63, 3.8) is 0 Å². The van der Waals surface area contributed by atoms with Gasteiger partial charge in [-0.05, 0) is 6.08 Å². The highest BCUT2D eigenvalue weighted by Gasteiger charge is 2.20. The van der Waals surface area contributed by atoms with Crippen LogP contribution >= 0.6 is 11.8 Å². The van der Waals surface area contributed by atoms with Gasteiger partial charge >= 0.3 is 0 Å². The minimum atomic E-state index is -0.182. The maximum absolute atomic E-state index is 10.7. The molecule has 0 aliphatic carbocycles. The number of amides is 1. The van der Waals surface area contributed by atoms with Gasteiger partial charge in [0, 0.05) is 19.0 Å². The van der Waals surface area contributed by atoms with E-state index in [1.807, 2.05) is 0 Å². The van der Waals surface area contributed by atoms with Crippen molar-refractivity contribution >= 4 is 24.0 Å². The van der Waals surface area contributed by atoms with Crippen molar-refractivity contribution in [3.8, 4) is 0 Å². The molecule has 1 aliphatic rings. The van der Waals surface area contributed by atoms with Gasteiger partial charge in [0.2, 0.25) is 6.41 Å². The van der Waals surface area contributed by atoms with Gasteiger partial charge in [-0.3, -0.25) is 14.7 Å². The Hall–Kier alpha value is -1.01. The fourth-order valence-corrected chi connectivity index (χ4v) is 1.75. The minimum absolute atomic E-state index is 0.182. The normalized spacial score (nSPS) is 22.9. The first-order valence-electron chi connectivity index (χ1n) is 4.10. The molecule has 2 N–H and O–H groups in total. The Labute approximate surface area is 87.0 Å². The SMILES string of the molecule is CN=C(N)/C=C\N(C=O)[C@@H]1CSCO1. The van der Waals surface area contributed by atoms with E-state index < -0.39 is 0 Å². The molecule has 1 heterocycles. The van der Waals surface area contributed by atoms with Crippen molar-refractivity contribution in [1.82, 2.24) is 4.90 Å². The minimum Gasteiger partial charge on any atom is -0.384 e. The lowest BCUT2D eigenvalue weighted by Gasteiger charge is -2.18. The average molecular weight is 215 g/mol. The van der Waals surface area contributed by atoms with Crippen LogP contribution < -0.4 is 5.73 Å². The third-order valence-electron chi connectivity index (χ3n) is 1.73. The lowest BCUT2D eigenvalue weighted by molar-refractivity contribution is -0.123. The van der Waals surface area contributed by atoms with Gasteiger partial charge in [-0.25, -0.2) is 0 Å². The fourth-order valence-electron chi connectivity index (χ4n) is 0.932. The average Bonchev–Trinajstić information content (AvgIpc) is 2.72. The van der Waals surface area contributed by atoms with Gasteiger partial charge in [-0.15, -0.1) is 11.8 Å². The molecule has 0 aromatic rings. The van der Waals surface area contributed by atoms with Gasteiger partial charge < -0.3 is 10.5 Å². The molecule has 1 saturated heterocycles. The number of nitrogens with zero attached hydrogens (tertiary/aromatic N) is 2. The standard InChI is InChI=1S/C8H13N3O2S/c1-10-7(9)2-3-11(5-12)8-4-14-6-13-8/h2-3,5,8H,4,6H2,1H3,(H2,9,10)/b3-2-/t8-/m0/s1. The lowest BCUT2D eigenvalue weighted by atomic mass is 10.5. The third-order valence-corrected chi connectivity index (χ3v) is 2.56. The second-order valence-electron chi connectivity index (χ2n) is 2.63. The van der Waals surface area contributed by atoms with E-state index >= 15 is 0 Å². The highest BCUT2D eigenvalue weighted by molar-refractivity contribution is 7.99. The topological polar surface area (TPSA) is 67.9 Å². The molecule has 1 aliphatic heterocycles. The van der Waals surface area contributed by atoms with Crippen LogP contribution in [-0.2, 0) is 9.53 Å². The first-order chi connectivity index (χ1) is 6.77. The molecule has 0 bridgehead atoms. The predicted octanol–water partition coefficient (Wildman–Crippen LogP) is -0.00750. The summed E-state index contributed by atoms with van der Waals surface area (Å²) in [4.78, 5) is 15.9. The number of thioether (sulfide) groups is 1. The Balaban J connectivity index is 2.53. The van der Waals surface area contributed by atoms with E-state index in [-0.39, 0.29) is 6.23 Å². The molecule has 0 aromatic heterocycles. The van der Waals surface area contributed by atoms with Gasteiger partial charge in [0.25, 0.3) is 0 Å². The number of amidine groups is 1. The molecule has 0 unspecified atom stereocenters. The van der Waals surface area contributed by atoms with Crippen molar-refractivity contribution < 1.29 is 9.53 Å². The molecule has 78 valence electrons. The van der Waals surface area contributed by atoms with Gasteiger partial charge in [-0.1, -0.05) is 0 Å².